The number of carbonyl (C=O) groups excluding carboxylic acids is 4. The molecule has 0 aromatic heterocycles. The van der Waals surface area contributed by atoms with E-state index in [-0.39, 0.29) is 36.6 Å². The molecule has 0 aliphatic heterocycles. The van der Waals surface area contributed by atoms with Crippen LogP contribution in [0.2, 0.25) is 0 Å². The van der Waals surface area contributed by atoms with Crippen LogP contribution in [-0.4, -0.2) is 66.7 Å². The maximum Gasteiger partial charge on any atom is 0.249 e. The van der Waals surface area contributed by atoms with E-state index in [2.05, 4.69) is 21.3 Å². The number of hydrogen-bond acceptors (Lipinski definition) is 7. The Morgan fingerprint density at radius 3 is 1.98 bits per heavy atom. The molecule has 4 rings (SSSR count). The van der Waals surface area contributed by atoms with Crippen LogP contribution >= 0.6 is 0 Å². The summed E-state index contributed by atoms with van der Waals surface area (Å²) in [5.74, 6) is -5.44. The number of aliphatic hydroxyl groups is 1. The summed E-state index contributed by atoms with van der Waals surface area (Å²) in [4.78, 5) is 53.7. The SMILES string of the molecule is CO[C@H](C[C@H](O)[C@H](COc1cc(F)cc(F)c1)NC(=O)[C@@H]1CCC[C@H]1C(=O)N[C@@H](C)c1ccccc1)C(=O)N[C@H](C(=O)NCc1ccccc1)C(C)C. The molecule has 3 aromatic carbocycles. The Kier molecular flexibility index (Phi) is 15.3. The van der Waals surface area contributed by atoms with Crippen molar-refractivity contribution in [3.8, 4) is 5.75 Å². The summed E-state index contributed by atoms with van der Waals surface area (Å²) in [6, 6.07) is 18.9. The predicted molar refractivity (Wildman–Crippen MR) is 194 cm³/mol. The lowest BCUT2D eigenvalue weighted by molar-refractivity contribution is -0.138. The number of methoxy groups -OCH3 is 1. The zero-order valence-corrected chi connectivity index (χ0v) is 30.5. The van der Waals surface area contributed by atoms with Crippen LogP contribution < -0.4 is 26.0 Å². The number of halogens is 2. The molecule has 1 aliphatic rings. The molecule has 1 fully saturated rings. The van der Waals surface area contributed by atoms with Gasteiger partial charge >= 0.3 is 0 Å². The van der Waals surface area contributed by atoms with Gasteiger partial charge in [0.25, 0.3) is 0 Å². The van der Waals surface area contributed by atoms with Crippen LogP contribution in [0.5, 0.6) is 5.75 Å². The van der Waals surface area contributed by atoms with Gasteiger partial charge in [0.1, 0.15) is 36.1 Å². The van der Waals surface area contributed by atoms with Gasteiger partial charge in [0, 0.05) is 50.1 Å². The lowest BCUT2D eigenvalue weighted by atomic mass is 9.92. The van der Waals surface area contributed by atoms with Crippen LogP contribution in [-0.2, 0) is 30.5 Å². The molecule has 0 unspecified atom stereocenters. The van der Waals surface area contributed by atoms with Gasteiger partial charge in [-0.3, -0.25) is 19.2 Å². The van der Waals surface area contributed by atoms with E-state index in [1.807, 2.05) is 67.6 Å². The first-order chi connectivity index (χ1) is 25.4. The van der Waals surface area contributed by atoms with Gasteiger partial charge in [0.15, 0.2) is 0 Å². The summed E-state index contributed by atoms with van der Waals surface area (Å²) >= 11 is 0. The number of benzene rings is 3. The number of hydrogen-bond donors (Lipinski definition) is 5. The minimum Gasteiger partial charge on any atom is -0.491 e. The number of ether oxygens (including phenoxy) is 2. The Morgan fingerprint density at radius 2 is 1.40 bits per heavy atom. The minimum atomic E-state index is -1.47. The van der Waals surface area contributed by atoms with E-state index < -0.39 is 72.1 Å². The molecule has 0 bridgehead atoms. The van der Waals surface area contributed by atoms with Crippen LogP contribution in [0.3, 0.4) is 0 Å². The maximum atomic E-state index is 13.9. The van der Waals surface area contributed by atoms with Crippen molar-refractivity contribution < 1.29 is 42.5 Å². The standard InChI is InChI=1S/C40H50F2N4O7/c1-24(2)36(40(51)43-22-26-12-7-5-8-13-26)46-39(50)35(52-4)21-34(47)33(23-53-30-19-28(41)18-29(42)20-30)45-38(49)32-17-11-16-31(32)37(48)44-25(3)27-14-9-6-10-15-27/h5-10,12-15,18-20,24-25,31-36,47H,11,16-17,21-23H2,1-4H3,(H,43,51)(H,44,48)(H,45,49)(H,46,50)/t25-,31+,32+,33-,34-,35+,36-/m0/s1. The minimum absolute atomic E-state index is 0.177. The normalized spacial score (nSPS) is 18.3. The number of carbonyl (C=O) groups is 4. The molecule has 286 valence electrons. The molecule has 1 aliphatic carbocycles. The fourth-order valence-corrected chi connectivity index (χ4v) is 6.44. The molecule has 0 radical (unpaired) electrons. The Hall–Kier alpha value is -4.88. The zero-order chi connectivity index (χ0) is 38.5. The molecule has 7 atom stereocenters. The molecule has 0 saturated heterocycles. The van der Waals surface area contributed by atoms with Gasteiger partial charge in [-0.05, 0) is 36.8 Å². The second kappa shape index (κ2) is 19.8. The van der Waals surface area contributed by atoms with E-state index in [0.717, 1.165) is 23.3 Å². The summed E-state index contributed by atoms with van der Waals surface area (Å²) in [5, 5.41) is 22.8. The molecular formula is C40H50F2N4O7. The molecule has 0 heterocycles. The van der Waals surface area contributed by atoms with E-state index >= 15 is 0 Å². The second-order valence-corrected chi connectivity index (χ2v) is 13.8. The molecule has 11 nitrogen and oxygen atoms in total. The third kappa shape index (κ3) is 12.1. The highest BCUT2D eigenvalue weighted by molar-refractivity contribution is 5.90. The first kappa shape index (κ1) is 40.9. The second-order valence-electron chi connectivity index (χ2n) is 13.8. The predicted octanol–water partition coefficient (Wildman–Crippen LogP) is 4.35. The van der Waals surface area contributed by atoms with E-state index in [4.69, 9.17) is 9.47 Å². The quantitative estimate of drug-likeness (QED) is 0.130. The number of rotatable bonds is 18. The Morgan fingerprint density at radius 1 is 0.811 bits per heavy atom. The lowest BCUT2D eigenvalue weighted by Crippen LogP contribution is -2.54. The largest absolute Gasteiger partial charge is 0.491 e. The monoisotopic (exact) mass is 736 g/mol. The van der Waals surface area contributed by atoms with Gasteiger partial charge in [-0.1, -0.05) is 80.9 Å². The number of aliphatic hydroxyl groups excluding tert-OH is 1. The summed E-state index contributed by atoms with van der Waals surface area (Å²) in [6.07, 6.45) is -1.53. The van der Waals surface area contributed by atoms with Crippen molar-refractivity contribution in [2.24, 2.45) is 17.8 Å². The molecule has 1 saturated carbocycles. The third-order valence-corrected chi connectivity index (χ3v) is 9.49. The van der Waals surface area contributed by atoms with Crippen LogP contribution in [0, 0.1) is 29.4 Å². The van der Waals surface area contributed by atoms with E-state index in [9.17, 15) is 33.1 Å². The smallest absolute Gasteiger partial charge is 0.249 e. The molecule has 0 spiro atoms. The van der Waals surface area contributed by atoms with Gasteiger partial charge in [-0.2, -0.15) is 0 Å². The van der Waals surface area contributed by atoms with E-state index in [1.165, 1.54) is 7.11 Å². The van der Waals surface area contributed by atoms with Gasteiger partial charge in [0.2, 0.25) is 23.6 Å². The van der Waals surface area contributed by atoms with Crippen molar-refractivity contribution in [1.82, 2.24) is 21.3 Å². The highest BCUT2D eigenvalue weighted by Crippen LogP contribution is 2.33. The third-order valence-electron chi connectivity index (χ3n) is 9.49. The summed E-state index contributed by atoms with van der Waals surface area (Å²) in [5.41, 5.74) is 1.80. The number of nitrogens with one attached hydrogen (secondary N) is 4. The first-order valence-corrected chi connectivity index (χ1v) is 17.9. The van der Waals surface area contributed by atoms with E-state index in [1.54, 1.807) is 13.8 Å². The lowest BCUT2D eigenvalue weighted by Gasteiger charge is -2.30. The van der Waals surface area contributed by atoms with Crippen LogP contribution in [0.1, 0.15) is 63.6 Å². The van der Waals surface area contributed by atoms with Crippen LogP contribution in [0.15, 0.2) is 78.9 Å². The summed E-state index contributed by atoms with van der Waals surface area (Å²) in [6.45, 7) is 5.25. The molecular weight excluding hydrogens is 686 g/mol. The highest BCUT2D eigenvalue weighted by Gasteiger charge is 2.40. The van der Waals surface area contributed by atoms with Crippen LogP contribution in [0.25, 0.3) is 0 Å². The van der Waals surface area contributed by atoms with Gasteiger partial charge in [-0.25, -0.2) is 8.78 Å². The average Bonchev–Trinajstić information content (AvgIpc) is 3.64. The van der Waals surface area contributed by atoms with Crippen molar-refractivity contribution in [3.63, 3.8) is 0 Å². The molecule has 5 N–H and O–H groups in total. The van der Waals surface area contributed by atoms with Crippen molar-refractivity contribution >= 4 is 23.6 Å². The van der Waals surface area contributed by atoms with Crippen molar-refractivity contribution in [2.45, 2.75) is 83.3 Å². The first-order valence-electron chi connectivity index (χ1n) is 17.9. The molecule has 4 amide bonds. The van der Waals surface area contributed by atoms with Gasteiger partial charge < -0.3 is 35.8 Å². The highest BCUT2D eigenvalue weighted by atomic mass is 19.1. The average molecular weight is 737 g/mol. The topological polar surface area (TPSA) is 155 Å². The van der Waals surface area contributed by atoms with Crippen molar-refractivity contribution in [2.75, 3.05) is 13.7 Å². The fourth-order valence-electron chi connectivity index (χ4n) is 6.44. The molecule has 53 heavy (non-hydrogen) atoms. The Bertz CT molecular complexity index is 1640. The van der Waals surface area contributed by atoms with Gasteiger partial charge in [-0.15, -0.1) is 0 Å². The fraction of sp³-hybridized carbons (Fsp3) is 0.450. The Labute approximate surface area is 309 Å². The van der Waals surface area contributed by atoms with Crippen molar-refractivity contribution in [1.29, 1.82) is 0 Å². The number of amides is 4. The van der Waals surface area contributed by atoms with Gasteiger partial charge in [0.05, 0.1) is 18.2 Å². The molecule has 3 aromatic rings. The Balaban J connectivity index is 1.45. The summed E-state index contributed by atoms with van der Waals surface area (Å²) in [7, 11) is 1.27. The molecule has 13 heteroatoms. The summed E-state index contributed by atoms with van der Waals surface area (Å²) < 4.78 is 38.9. The maximum absolute atomic E-state index is 13.9. The zero-order valence-electron chi connectivity index (χ0n) is 30.5. The van der Waals surface area contributed by atoms with Crippen molar-refractivity contribution in [3.05, 3.63) is 102 Å². The van der Waals surface area contributed by atoms with E-state index in [0.29, 0.717) is 25.3 Å². The van der Waals surface area contributed by atoms with Crippen LogP contribution in [0.4, 0.5) is 8.78 Å².